The molecule has 0 saturated heterocycles. The molecule has 4 heteroatoms. The van der Waals surface area contributed by atoms with Gasteiger partial charge in [0.05, 0.1) is 7.11 Å². The summed E-state index contributed by atoms with van der Waals surface area (Å²) >= 11 is 0. The van der Waals surface area contributed by atoms with Crippen molar-refractivity contribution in [2.75, 3.05) is 7.11 Å². The highest BCUT2D eigenvalue weighted by molar-refractivity contribution is 5.73. The summed E-state index contributed by atoms with van der Waals surface area (Å²) in [5.41, 5.74) is 2.87. The van der Waals surface area contributed by atoms with Crippen LogP contribution in [-0.4, -0.2) is 17.1 Å². The van der Waals surface area contributed by atoms with Gasteiger partial charge in [0, 0.05) is 23.5 Å². The van der Waals surface area contributed by atoms with Crippen LogP contribution in [0.5, 0.6) is 17.5 Å². The SMILES string of the molecule is COc1ncccc1-c1cccnc1Oc1ccc(C)cc1. The Labute approximate surface area is 129 Å². The molecule has 0 aliphatic rings. The molecular weight excluding hydrogens is 276 g/mol. The summed E-state index contributed by atoms with van der Waals surface area (Å²) in [6, 6.07) is 15.5. The maximum absolute atomic E-state index is 5.92. The summed E-state index contributed by atoms with van der Waals surface area (Å²) in [4.78, 5) is 8.57. The fourth-order valence-corrected chi connectivity index (χ4v) is 2.15. The first-order valence-corrected chi connectivity index (χ1v) is 6.97. The van der Waals surface area contributed by atoms with E-state index in [1.165, 1.54) is 5.56 Å². The Balaban J connectivity index is 2.01. The van der Waals surface area contributed by atoms with Crippen LogP contribution in [0.4, 0.5) is 0 Å². The van der Waals surface area contributed by atoms with Crippen LogP contribution in [0.15, 0.2) is 60.9 Å². The minimum Gasteiger partial charge on any atom is -0.481 e. The summed E-state index contributed by atoms with van der Waals surface area (Å²) in [7, 11) is 1.60. The van der Waals surface area contributed by atoms with Crippen molar-refractivity contribution in [2.24, 2.45) is 0 Å². The van der Waals surface area contributed by atoms with Crippen LogP contribution in [-0.2, 0) is 0 Å². The molecule has 2 aromatic heterocycles. The number of rotatable bonds is 4. The van der Waals surface area contributed by atoms with Gasteiger partial charge in [-0.3, -0.25) is 0 Å². The topological polar surface area (TPSA) is 44.2 Å². The van der Waals surface area contributed by atoms with Gasteiger partial charge in [-0.15, -0.1) is 0 Å². The van der Waals surface area contributed by atoms with Crippen LogP contribution in [0.2, 0.25) is 0 Å². The molecule has 0 aliphatic carbocycles. The van der Waals surface area contributed by atoms with Gasteiger partial charge < -0.3 is 9.47 Å². The third kappa shape index (κ3) is 2.91. The zero-order chi connectivity index (χ0) is 15.4. The molecule has 2 heterocycles. The Morgan fingerprint density at radius 2 is 1.36 bits per heavy atom. The van der Waals surface area contributed by atoms with Gasteiger partial charge in [-0.25, -0.2) is 9.97 Å². The molecule has 0 spiro atoms. The van der Waals surface area contributed by atoms with Crippen LogP contribution in [0.25, 0.3) is 11.1 Å². The lowest BCUT2D eigenvalue weighted by Crippen LogP contribution is -1.95. The first kappa shape index (κ1) is 14.1. The average Bonchev–Trinajstić information content (AvgIpc) is 2.57. The molecule has 0 unspecified atom stereocenters. The van der Waals surface area contributed by atoms with Crippen LogP contribution in [0.3, 0.4) is 0 Å². The number of pyridine rings is 2. The number of hydrogen-bond donors (Lipinski definition) is 0. The van der Waals surface area contributed by atoms with Gasteiger partial charge in [-0.05, 0) is 43.3 Å². The maximum atomic E-state index is 5.92. The van der Waals surface area contributed by atoms with Crippen molar-refractivity contribution in [2.45, 2.75) is 6.92 Å². The molecule has 0 aliphatic heterocycles. The number of aromatic nitrogens is 2. The highest BCUT2D eigenvalue weighted by Crippen LogP contribution is 2.35. The fourth-order valence-electron chi connectivity index (χ4n) is 2.15. The van der Waals surface area contributed by atoms with E-state index in [0.29, 0.717) is 11.8 Å². The minimum atomic E-state index is 0.526. The van der Waals surface area contributed by atoms with E-state index in [0.717, 1.165) is 16.9 Å². The van der Waals surface area contributed by atoms with Crippen molar-refractivity contribution in [3.05, 3.63) is 66.5 Å². The van der Waals surface area contributed by atoms with Gasteiger partial charge in [0.15, 0.2) is 0 Å². The Morgan fingerprint density at radius 3 is 2.00 bits per heavy atom. The van der Waals surface area contributed by atoms with E-state index >= 15 is 0 Å². The Morgan fingerprint density at radius 1 is 0.773 bits per heavy atom. The monoisotopic (exact) mass is 292 g/mol. The first-order chi connectivity index (χ1) is 10.8. The predicted octanol–water partition coefficient (Wildman–Crippen LogP) is 4.25. The Kier molecular flexibility index (Phi) is 4.01. The number of benzene rings is 1. The molecule has 110 valence electrons. The van der Waals surface area contributed by atoms with Crippen LogP contribution in [0.1, 0.15) is 5.56 Å². The second kappa shape index (κ2) is 6.26. The number of ether oxygens (including phenoxy) is 2. The van der Waals surface area contributed by atoms with Gasteiger partial charge in [0.25, 0.3) is 0 Å². The van der Waals surface area contributed by atoms with Crippen molar-refractivity contribution in [1.82, 2.24) is 9.97 Å². The Hall–Kier alpha value is -2.88. The van der Waals surface area contributed by atoms with E-state index in [1.807, 2.05) is 55.5 Å². The lowest BCUT2D eigenvalue weighted by molar-refractivity contribution is 0.399. The summed E-state index contributed by atoms with van der Waals surface area (Å²) < 4.78 is 11.3. The smallest absolute Gasteiger partial charge is 0.227 e. The molecule has 0 N–H and O–H groups in total. The average molecular weight is 292 g/mol. The van der Waals surface area contributed by atoms with E-state index in [4.69, 9.17) is 9.47 Å². The largest absolute Gasteiger partial charge is 0.481 e. The molecule has 3 rings (SSSR count). The molecule has 0 amide bonds. The normalized spacial score (nSPS) is 10.3. The second-order valence-electron chi connectivity index (χ2n) is 4.83. The molecule has 4 nitrogen and oxygen atoms in total. The van der Waals surface area contributed by atoms with Crippen molar-refractivity contribution in [3.63, 3.8) is 0 Å². The molecule has 1 aromatic carbocycles. The second-order valence-corrected chi connectivity index (χ2v) is 4.83. The molecule has 0 saturated carbocycles. The highest BCUT2D eigenvalue weighted by Gasteiger charge is 2.13. The number of hydrogen-bond acceptors (Lipinski definition) is 4. The standard InChI is InChI=1S/C18H16N2O2/c1-13-7-9-14(10-8-13)22-18-16(6-4-12-20-18)15-5-3-11-19-17(15)21-2/h3-12H,1-2H3. The summed E-state index contributed by atoms with van der Waals surface area (Å²) in [6.45, 7) is 2.04. The highest BCUT2D eigenvalue weighted by atomic mass is 16.5. The van der Waals surface area contributed by atoms with Crippen LogP contribution in [0, 0.1) is 6.92 Å². The van der Waals surface area contributed by atoms with Gasteiger partial charge in [0.1, 0.15) is 5.75 Å². The zero-order valence-corrected chi connectivity index (χ0v) is 12.5. The summed E-state index contributed by atoms with van der Waals surface area (Å²) in [5, 5.41) is 0. The lowest BCUT2D eigenvalue weighted by Gasteiger charge is -2.12. The minimum absolute atomic E-state index is 0.526. The third-order valence-electron chi connectivity index (χ3n) is 3.26. The van der Waals surface area contributed by atoms with Crippen LogP contribution < -0.4 is 9.47 Å². The quantitative estimate of drug-likeness (QED) is 0.721. The van der Waals surface area contributed by atoms with E-state index in [9.17, 15) is 0 Å². The summed E-state index contributed by atoms with van der Waals surface area (Å²) in [6.07, 6.45) is 3.40. The number of aryl methyl sites for hydroxylation is 1. The molecule has 0 atom stereocenters. The first-order valence-electron chi connectivity index (χ1n) is 6.97. The van der Waals surface area contributed by atoms with Crippen molar-refractivity contribution >= 4 is 0 Å². The summed E-state index contributed by atoms with van der Waals surface area (Å²) in [5.74, 6) is 1.82. The zero-order valence-electron chi connectivity index (χ0n) is 12.5. The lowest BCUT2D eigenvalue weighted by atomic mass is 10.1. The van der Waals surface area contributed by atoms with Crippen molar-refractivity contribution in [3.8, 4) is 28.6 Å². The third-order valence-corrected chi connectivity index (χ3v) is 3.26. The molecule has 0 fully saturated rings. The van der Waals surface area contributed by atoms with Crippen molar-refractivity contribution in [1.29, 1.82) is 0 Å². The fraction of sp³-hybridized carbons (Fsp3) is 0.111. The number of nitrogens with zero attached hydrogens (tertiary/aromatic N) is 2. The van der Waals surface area contributed by atoms with E-state index < -0.39 is 0 Å². The molecular formula is C18H16N2O2. The van der Waals surface area contributed by atoms with E-state index in [1.54, 1.807) is 19.5 Å². The van der Waals surface area contributed by atoms with E-state index in [2.05, 4.69) is 9.97 Å². The maximum Gasteiger partial charge on any atom is 0.227 e. The Bertz CT molecular complexity index is 770. The van der Waals surface area contributed by atoms with Gasteiger partial charge in [-0.2, -0.15) is 0 Å². The van der Waals surface area contributed by atoms with Gasteiger partial charge in [-0.1, -0.05) is 17.7 Å². The van der Waals surface area contributed by atoms with Gasteiger partial charge in [0.2, 0.25) is 11.8 Å². The predicted molar refractivity (Wildman–Crippen MR) is 85.3 cm³/mol. The van der Waals surface area contributed by atoms with Crippen molar-refractivity contribution < 1.29 is 9.47 Å². The molecule has 0 bridgehead atoms. The van der Waals surface area contributed by atoms with Crippen LogP contribution >= 0.6 is 0 Å². The van der Waals surface area contributed by atoms with Gasteiger partial charge >= 0.3 is 0 Å². The molecule has 22 heavy (non-hydrogen) atoms. The molecule has 3 aromatic rings. The number of methoxy groups -OCH3 is 1. The molecule has 0 radical (unpaired) electrons. The van der Waals surface area contributed by atoms with E-state index in [-0.39, 0.29) is 0 Å².